The molecule has 0 aliphatic carbocycles. The van der Waals surface area contributed by atoms with Gasteiger partial charge in [0.25, 0.3) is 0 Å². The van der Waals surface area contributed by atoms with E-state index in [0.717, 1.165) is 31.1 Å². The summed E-state index contributed by atoms with van der Waals surface area (Å²) in [5, 5.41) is 1.04. The first-order valence-corrected chi connectivity index (χ1v) is 7.08. The zero-order chi connectivity index (χ0) is 12.4. The van der Waals surface area contributed by atoms with Crippen LogP contribution in [0.25, 0.3) is 0 Å². The van der Waals surface area contributed by atoms with Crippen LogP contribution in [0.2, 0.25) is 0 Å². The zero-order valence-electron chi connectivity index (χ0n) is 10.6. The fraction of sp³-hybridized carbons (Fsp3) is 0.333. The number of benzene rings is 1. The van der Waals surface area contributed by atoms with Crippen LogP contribution in [0.1, 0.15) is 16.0 Å². The molecule has 0 N–H and O–H groups in total. The van der Waals surface area contributed by atoms with Crippen LogP contribution in [0.3, 0.4) is 0 Å². The van der Waals surface area contributed by atoms with Crippen LogP contribution in [-0.4, -0.2) is 18.6 Å². The molecule has 3 rings (SSSR count). The first kappa shape index (κ1) is 11.8. The largest absolute Gasteiger partial charge is 0.487 e. The summed E-state index contributed by atoms with van der Waals surface area (Å²) in [6, 6.07) is 12.9. The van der Waals surface area contributed by atoms with Gasteiger partial charge in [0.2, 0.25) is 0 Å². The van der Waals surface area contributed by atoms with E-state index in [1.54, 1.807) is 18.4 Å². The molecule has 0 unspecified atom stereocenters. The Morgan fingerprint density at radius 2 is 2.11 bits per heavy atom. The first-order valence-electron chi connectivity index (χ1n) is 6.27. The van der Waals surface area contributed by atoms with Gasteiger partial charge in [-0.25, -0.2) is 0 Å². The highest BCUT2D eigenvalue weighted by molar-refractivity contribution is 7.14. The molecule has 3 heteroatoms. The van der Waals surface area contributed by atoms with Crippen molar-refractivity contribution in [3.8, 4) is 5.06 Å². The normalized spacial score (nSPS) is 15.4. The van der Waals surface area contributed by atoms with Crippen molar-refractivity contribution >= 4 is 11.3 Å². The third-order valence-corrected chi connectivity index (χ3v) is 4.57. The summed E-state index contributed by atoms with van der Waals surface area (Å²) in [4.78, 5) is 4.00. The van der Waals surface area contributed by atoms with Crippen molar-refractivity contribution in [3.05, 3.63) is 52.4 Å². The van der Waals surface area contributed by atoms with Gasteiger partial charge in [-0.15, -0.1) is 11.3 Å². The molecule has 2 nitrogen and oxygen atoms in total. The maximum atomic E-state index is 5.32. The lowest BCUT2D eigenvalue weighted by molar-refractivity contribution is 0.247. The van der Waals surface area contributed by atoms with Gasteiger partial charge in [-0.2, -0.15) is 0 Å². The monoisotopic (exact) mass is 259 g/mol. The third kappa shape index (κ3) is 2.42. The molecule has 0 spiro atoms. The second kappa shape index (κ2) is 5.12. The van der Waals surface area contributed by atoms with E-state index in [-0.39, 0.29) is 0 Å². The second-order valence-corrected chi connectivity index (χ2v) is 5.76. The molecule has 2 aromatic rings. The first-order chi connectivity index (χ1) is 8.85. The summed E-state index contributed by atoms with van der Waals surface area (Å²) >= 11 is 1.79. The average Bonchev–Trinajstić information content (AvgIpc) is 2.82. The standard InChI is InChI=1S/C15H17NOS/c1-17-15-9-13-11-16(8-7-14(13)18-15)10-12-5-3-2-4-6-12/h2-6,9H,7-8,10-11H2,1H3. The molecule has 0 saturated carbocycles. The predicted octanol–water partition coefficient (Wildman–Crippen LogP) is 3.32. The SMILES string of the molecule is COc1cc2c(s1)CCN(Cc1ccccc1)C2. The lowest BCUT2D eigenvalue weighted by Crippen LogP contribution is -2.29. The number of hydrogen-bond acceptors (Lipinski definition) is 3. The third-order valence-electron chi connectivity index (χ3n) is 3.37. The fourth-order valence-corrected chi connectivity index (χ4v) is 3.42. The molecule has 0 amide bonds. The van der Waals surface area contributed by atoms with Gasteiger partial charge in [0.1, 0.15) is 0 Å². The van der Waals surface area contributed by atoms with Gasteiger partial charge >= 0.3 is 0 Å². The van der Waals surface area contributed by atoms with E-state index in [9.17, 15) is 0 Å². The summed E-state index contributed by atoms with van der Waals surface area (Å²) in [6.45, 7) is 3.23. The number of rotatable bonds is 3. The van der Waals surface area contributed by atoms with Gasteiger partial charge in [-0.05, 0) is 23.6 Å². The molecule has 1 aromatic carbocycles. The van der Waals surface area contributed by atoms with Gasteiger partial charge in [0, 0.05) is 24.5 Å². The van der Waals surface area contributed by atoms with E-state index >= 15 is 0 Å². The van der Waals surface area contributed by atoms with Crippen molar-refractivity contribution in [1.29, 1.82) is 0 Å². The van der Waals surface area contributed by atoms with Gasteiger partial charge < -0.3 is 4.74 Å². The minimum Gasteiger partial charge on any atom is -0.487 e. The Bertz CT molecular complexity index is 521. The molecule has 0 fully saturated rings. The van der Waals surface area contributed by atoms with Crippen LogP contribution in [0.15, 0.2) is 36.4 Å². The maximum absolute atomic E-state index is 5.32. The topological polar surface area (TPSA) is 12.5 Å². The van der Waals surface area contributed by atoms with Crippen molar-refractivity contribution in [2.45, 2.75) is 19.5 Å². The number of hydrogen-bond donors (Lipinski definition) is 0. The molecule has 1 aromatic heterocycles. The summed E-state index contributed by atoms with van der Waals surface area (Å²) in [5.74, 6) is 0. The Hall–Kier alpha value is -1.32. The van der Waals surface area contributed by atoms with Crippen LogP contribution in [0.4, 0.5) is 0 Å². The molecule has 0 saturated heterocycles. The van der Waals surface area contributed by atoms with E-state index in [2.05, 4.69) is 41.3 Å². The summed E-state index contributed by atoms with van der Waals surface area (Å²) in [7, 11) is 1.75. The molecule has 1 aliphatic heterocycles. The second-order valence-electron chi connectivity index (χ2n) is 4.66. The summed E-state index contributed by atoms with van der Waals surface area (Å²) < 4.78 is 5.32. The van der Waals surface area contributed by atoms with Gasteiger partial charge in [-0.3, -0.25) is 4.90 Å². The van der Waals surface area contributed by atoms with Crippen molar-refractivity contribution in [2.75, 3.05) is 13.7 Å². The van der Waals surface area contributed by atoms with Gasteiger partial charge in [-0.1, -0.05) is 30.3 Å². The predicted molar refractivity (Wildman–Crippen MR) is 75.1 cm³/mol. The Morgan fingerprint density at radius 1 is 1.28 bits per heavy atom. The highest BCUT2D eigenvalue weighted by Gasteiger charge is 2.19. The number of methoxy groups -OCH3 is 1. The number of fused-ring (bicyclic) bond motifs is 1. The molecule has 0 atom stereocenters. The minimum atomic E-state index is 1.04. The minimum absolute atomic E-state index is 1.04. The van der Waals surface area contributed by atoms with Crippen LogP contribution in [0.5, 0.6) is 5.06 Å². The number of thiophene rings is 1. The quantitative estimate of drug-likeness (QED) is 0.838. The molecule has 0 bridgehead atoms. The highest BCUT2D eigenvalue weighted by Crippen LogP contribution is 2.33. The number of ether oxygens (including phenoxy) is 1. The highest BCUT2D eigenvalue weighted by atomic mass is 32.1. The van der Waals surface area contributed by atoms with E-state index in [1.165, 1.54) is 16.0 Å². The summed E-state index contributed by atoms with van der Waals surface area (Å²) in [6.07, 6.45) is 1.15. The van der Waals surface area contributed by atoms with Crippen molar-refractivity contribution < 1.29 is 4.74 Å². The molecular weight excluding hydrogens is 242 g/mol. The molecule has 2 heterocycles. The molecule has 1 aliphatic rings. The van der Waals surface area contributed by atoms with Crippen LogP contribution >= 0.6 is 11.3 Å². The summed E-state index contributed by atoms with van der Waals surface area (Å²) in [5.41, 5.74) is 2.84. The zero-order valence-corrected chi connectivity index (χ0v) is 11.4. The van der Waals surface area contributed by atoms with E-state index in [1.807, 2.05) is 0 Å². The lowest BCUT2D eigenvalue weighted by atomic mass is 10.1. The Morgan fingerprint density at radius 3 is 2.89 bits per heavy atom. The van der Waals surface area contributed by atoms with E-state index in [0.29, 0.717) is 0 Å². The van der Waals surface area contributed by atoms with Crippen molar-refractivity contribution in [3.63, 3.8) is 0 Å². The van der Waals surface area contributed by atoms with Gasteiger partial charge in [0.15, 0.2) is 5.06 Å². The Balaban J connectivity index is 1.71. The smallest absolute Gasteiger partial charge is 0.173 e. The number of nitrogens with zero attached hydrogens (tertiary/aromatic N) is 1. The van der Waals surface area contributed by atoms with Crippen LogP contribution in [-0.2, 0) is 19.5 Å². The van der Waals surface area contributed by atoms with Crippen molar-refractivity contribution in [1.82, 2.24) is 4.90 Å². The maximum Gasteiger partial charge on any atom is 0.173 e. The Labute approximate surface area is 112 Å². The van der Waals surface area contributed by atoms with E-state index in [4.69, 9.17) is 4.74 Å². The average molecular weight is 259 g/mol. The lowest BCUT2D eigenvalue weighted by Gasteiger charge is -2.26. The molecular formula is C15H17NOS. The molecule has 18 heavy (non-hydrogen) atoms. The Kier molecular flexibility index (Phi) is 3.35. The van der Waals surface area contributed by atoms with Crippen molar-refractivity contribution in [2.24, 2.45) is 0 Å². The fourth-order valence-electron chi connectivity index (χ4n) is 2.44. The van der Waals surface area contributed by atoms with Gasteiger partial charge in [0.05, 0.1) is 7.11 Å². The molecule has 94 valence electrons. The molecule has 0 radical (unpaired) electrons. The van der Waals surface area contributed by atoms with Crippen LogP contribution < -0.4 is 4.74 Å². The van der Waals surface area contributed by atoms with E-state index < -0.39 is 0 Å². The van der Waals surface area contributed by atoms with Crippen LogP contribution in [0, 0.1) is 0 Å².